The van der Waals surface area contributed by atoms with Crippen molar-refractivity contribution in [3.63, 3.8) is 0 Å². The molecule has 102 valence electrons. The topological polar surface area (TPSA) is 77.6 Å². The summed E-state index contributed by atoms with van der Waals surface area (Å²) >= 11 is 0. The van der Waals surface area contributed by atoms with Crippen LogP contribution in [0.5, 0.6) is 0 Å². The molecule has 0 spiro atoms. The van der Waals surface area contributed by atoms with Gasteiger partial charge < -0.3 is 14.5 Å². The SMILES string of the molecule is CCn1cnnc1CNc1nccn(C(C)C)c1=O. The molecule has 2 aromatic rings. The second-order valence-electron chi connectivity index (χ2n) is 4.47. The third-order valence-electron chi connectivity index (χ3n) is 2.87. The first kappa shape index (κ1) is 13.3. The summed E-state index contributed by atoms with van der Waals surface area (Å²) in [7, 11) is 0. The van der Waals surface area contributed by atoms with Crippen molar-refractivity contribution in [2.45, 2.75) is 39.9 Å². The Hall–Kier alpha value is -2.18. The van der Waals surface area contributed by atoms with Gasteiger partial charge in [-0.05, 0) is 20.8 Å². The summed E-state index contributed by atoms with van der Waals surface area (Å²) in [6, 6.07) is 0.107. The van der Waals surface area contributed by atoms with E-state index in [9.17, 15) is 4.79 Å². The molecule has 0 atom stereocenters. The number of hydrogen-bond acceptors (Lipinski definition) is 5. The molecule has 7 nitrogen and oxygen atoms in total. The van der Waals surface area contributed by atoms with Gasteiger partial charge in [-0.1, -0.05) is 0 Å². The molecule has 0 amide bonds. The number of rotatable bonds is 5. The molecule has 1 N–H and O–H groups in total. The molecule has 0 radical (unpaired) electrons. The van der Waals surface area contributed by atoms with Gasteiger partial charge >= 0.3 is 0 Å². The van der Waals surface area contributed by atoms with Crippen molar-refractivity contribution in [3.8, 4) is 0 Å². The molecule has 0 aliphatic carbocycles. The van der Waals surface area contributed by atoms with Gasteiger partial charge in [0.25, 0.3) is 5.56 Å². The first-order valence-electron chi connectivity index (χ1n) is 6.31. The van der Waals surface area contributed by atoms with E-state index in [1.165, 1.54) is 0 Å². The molecule has 2 aromatic heterocycles. The minimum Gasteiger partial charge on any atom is -0.358 e. The lowest BCUT2D eigenvalue weighted by Crippen LogP contribution is -2.25. The van der Waals surface area contributed by atoms with Crippen LogP contribution >= 0.6 is 0 Å². The summed E-state index contributed by atoms with van der Waals surface area (Å²) < 4.78 is 3.55. The van der Waals surface area contributed by atoms with Gasteiger partial charge in [-0.25, -0.2) is 4.98 Å². The number of nitrogens with zero attached hydrogens (tertiary/aromatic N) is 5. The van der Waals surface area contributed by atoms with Crippen LogP contribution in [0.15, 0.2) is 23.5 Å². The highest BCUT2D eigenvalue weighted by Gasteiger charge is 2.08. The van der Waals surface area contributed by atoms with E-state index in [1.807, 2.05) is 25.3 Å². The van der Waals surface area contributed by atoms with Crippen LogP contribution in [0.3, 0.4) is 0 Å². The van der Waals surface area contributed by atoms with Gasteiger partial charge in [-0.3, -0.25) is 4.79 Å². The monoisotopic (exact) mass is 262 g/mol. The average Bonchev–Trinajstić information content (AvgIpc) is 2.84. The van der Waals surface area contributed by atoms with E-state index in [0.29, 0.717) is 12.4 Å². The summed E-state index contributed by atoms with van der Waals surface area (Å²) in [6.45, 7) is 7.15. The molecule has 2 rings (SSSR count). The third kappa shape index (κ3) is 2.81. The molecule has 0 fully saturated rings. The normalized spacial score (nSPS) is 10.9. The molecule has 7 heteroatoms. The predicted octanol–water partition coefficient (Wildman–Crippen LogP) is 1.05. The van der Waals surface area contributed by atoms with Crippen LogP contribution < -0.4 is 10.9 Å². The van der Waals surface area contributed by atoms with E-state index in [1.54, 1.807) is 23.3 Å². The molecular weight excluding hydrogens is 244 g/mol. The standard InChI is InChI=1S/C12H18N6O/c1-4-17-8-15-16-10(17)7-14-11-12(19)18(9(2)3)6-5-13-11/h5-6,8-9H,4,7H2,1-3H3,(H,13,14). The lowest BCUT2D eigenvalue weighted by Gasteiger charge is -2.11. The number of aromatic nitrogens is 5. The molecule has 0 unspecified atom stereocenters. The van der Waals surface area contributed by atoms with E-state index in [4.69, 9.17) is 0 Å². The van der Waals surface area contributed by atoms with Gasteiger partial charge in [0.15, 0.2) is 11.6 Å². The molecule has 19 heavy (non-hydrogen) atoms. The Labute approximate surface area is 111 Å². The maximum atomic E-state index is 12.1. The summed E-state index contributed by atoms with van der Waals surface area (Å²) in [5.74, 6) is 1.12. The fourth-order valence-electron chi connectivity index (χ4n) is 1.80. The summed E-state index contributed by atoms with van der Waals surface area (Å²) in [5.41, 5.74) is -0.125. The average molecular weight is 262 g/mol. The minimum absolute atomic E-state index is 0.107. The highest BCUT2D eigenvalue weighted by Crippen LogP contribution is 2.03. The van der Waals surface area contributed by atoms with E-state index in [-0.39, 0.29) is 11.6 Å². The van der Waals surface area contributed by atoms with Crippen LogP contribution in [-0.4, -0.2) is 24.3 Å². The fourth-order valence-corrected chi connectivity index (χ4v) is 1.80. The number of nitrogens with one attached hydrogen (secondary N) is 1. The van der Waals surface area contributed by atoms with Crippen LogP contribution in [0, 0.1) is 0 Å². The van der Waals surface area contributed by atoms with E-state index >= 15 is 0 Å². The molecule has 0 saturated carbocycles. The van der Waals surface area contributed by atoms with Crippen molar-refractivity contribution in [3.05, 3.63) is 34.9 Å². The zero-order valence-electron chi connectivity index (χ0n) is 11.4. The van der Waals surface area contributed by atoms with Gasteiger partial charge in [-0.15, -0.1) is 10.2 Å². The number of aryl methyl sites for hydroxylation is 1. The molecule has 0 aliphatic rings. The molecule has 0 saturated heterocycles. The fraction of sp³-hybridized carbons (Fsp3) is 0.500. The molecule has 0 aromatic carbocycles. The second kappa shape index (κ2) is 5.64. The zero-order chi connectivity index (χ0) is 13.8. The third-order valence-corrected chi connectivity index (χ3v) is 2.87. The van der Waals surface area contributed by atoms with Crippen molar-refractivity contribution < 1.29 is 0 Å². The van der Waals surface area contributed by atoms with Gasteiger partial charge in [0.2, 0.25) is 0 Å². The van der Waals surface area contributed by atoms with Crippen molar-refractivity contribution in [2.75, 3.05) is 5.32 Å². The van der Waals surface area contributed by atoms with Crippen molar-refractivity contribution in [1.29, 1.82) is 0 Å². The maximum Gasteiger partial charge on any atom is 0.293 e. The number of hydrogen-bond donors (Lipinski definition) is 1. The van der Waals surface area contributed by atoms with Gasteiger partial charge in [0.05, 0.1) is 6.54 Å². The summed E-state index contributed by atoms with van der Waals surface area (Å²) in [6.07, 6.45) is 4.98. The first-order chi connectivity index (χ1) is 9.13. The lowest BCUT2D eigenvalue weighted by atomic mass is 10.4. The van der Waals surface area contributed by atoms with E-state index in [2.05, 4.69) is 20.5 Å². The summed E-state index contributed by atoms with van der Waals surface area (Å²) in [4.78, 5) is 16.2. The Bertz CT molecular complexity index is 600. The Morgan fingerprint density at radius 2 is 2.21 bits per heavy atom. The minimum atomic E-state index is -0.125. The van der Waals surface area contributed by atoms with E-state index in [0.717, 1.165) is 12.4 Å². The van der Waals surface area contributed by atoms with E-state index < -0.39 is 0 Å². The van der Waals surface area contributed by atoms with Crippen molar-refractivity contribution >= 4 is 5.82 Å². The van der Waals surface area contributed by atoms with Crippen molar-refractivity contribution in [1.82, 2.24) is 24.3 Å². The second-order valence-corrected chi connectivity index (χ2v) is 4.47. The Balaban J connectivity index is 2.16. The smallest absolute Gasteiger partial charge is 0.293 e. The largest absolute Gasteiger partial charge is 0.358 e. The Kier molecular flexibility index (Phi) is 3.94. The Morgan fingerprint density at radius 3 is 2.89 bits per heavy atom. The van der Waals surface area contributed by atoms with Crippen LogP contribution in [0.2, 0.25) is 0 Å². The molecular formula is C12H18N6O. The summed E-state index contributed by atoms with van der Waals surface area (Å²) in [5, 5.41) is 10.9. The highest BCUT2D eigenvalue weighted by molar-refractivity contribution is 5.31. The van der Waals surface area contributed by atoms with Crippen LogP contribution in [0.25, 0.3) is 0 Å². The van der Waals surface area contributed by atoms with Crippen LogP contribution in [0.4, 0.5) is 5.82 Å². The maximum absolute atomic E-state index is 12.1. The Morgan fingerprint density at radius 1 is 1.42 bits per heavy atom. The van der Waals surface area contributed by atoms with Crippen molar-refractivity contribution in [2.24, 2.45) is 0 Å². The molecule has 0 aliphatic heterocycles. The van der Waals surface area contributed by atoms with Gasteiger partial charge in [0.1, 0.15) is 6.33 Å². The quantitative estimate of drug-likeness (QED) is 0.871. The number of anilines is 1. The predicted molar refractivity (Wildman–Crippen MR) is 71.9 cm³/mol. The molecule has 2 heterocycles. The van der Waals surface area contributed by atoms with Gasteiger partial charge in [0, 0.05) is 25.0 Å². The van der Waals surface area contributed by atoms with Crippen LogP contribution in [0.1, 0.15) is 32.6 Å². The zero-order valence-corrected chi connectivity index (χ0v) is 11.4. The lowest BCUT2D eigenvalue weighted by molar-refractivity contribution is 0.575. The first-order valence-corrected chi connectivity index (χ1v) is 6.31. The van der Waals surface area contributed by atoms with Crippen LogP contribution in [-0.2, 0) is 13.1 Å². The molecule has 0 bridgehead atoms. The van der Waals surface area contributed by atoms with Gasteiger partial charge in [-0.2, -0.15) is 0 Å². The highest BCUT2D eigenvalue weighted by atomic mass is 16.1.